The molecule has 0 N–H and O–H groups in total. The predicted molar refractivity (Wildman–Crippen MR) is 243 cm³/mol. The van der Waals surface area contributed by atoms with Gasteiger partial charge < -0.3 is 0 Å². The molecule has 0 radical (unpaired) electrons. The Morgan fingerprint density at radius 3 is 2.32 bits per heavy atom. The van der Waals surface area contributed by atoms with Gasteiger partial charge in [0.2, 0.25) is 0 Å². The van der Waals surface area contributed by atoms with Crippen LogP contribution in [0.25, 0.3) is 76.0 Å². The Balaban J connectivity index is 1.03. The van der Waals surface area contributed by atoms with Crippen molar-refractivity contribution in [3.63, 3.8) is 0 Å². The van der Waals surface area contributed by atoms with E-state index in [2.05, 4.69) is 146 Å². The highest BCUT2D eigenvalue weighted by atomic mass is 32.1. The molecule has 0 spiro atoms. The largest absolute Gasteiger partial charge is 0.134 e. The van der Waals surface area contributed by atoms with E-state index in [0.29, 0.717) is 11.8 Å². The highest BCUT2D eigenvalue weighted by molar-refractivity contribution is 7.31. The maximum Gasteiger partial charge on any atom is 0.0534 e. The monoisotopic (exact) mass is 750 g/mol. The third-order valence-electron chi connectivity index (χ3n) is 13.6. The summed E-state index contributed by atoms with van der Waals surface area (Å²) >= 11 is 4.06. The lowest BCUT2D eigenvalue weighted by molar-refractivity contribution is 0.801. The van der Waals surface area contributed by atoms with Crippen molar-refractivity contribution in [2.75, 3.05) is 0 Å². The smallest absolute Gasteiger partial charge is 0.0534 e. The number of hydrogen-bond donors (Lipinski definition) is 0. The van der Waals surface area contributed by atoms with Crippen LogP contribution >= 0.6 is 22.7 Å². The van der Waals surface area contributed by atoms with Crippen LogP contribution in [0, 0.1) is 0 Å². The highest BCUT2D eigenvalue weighted by Gasteiger charge is 2.34. The Labute approximate surface area is 335 Å². The summed E-state index contributed by atoms with van der Waals surface area (Å²) < 4.78 is 4.31. The molecule has 0 saturated heterocycles. The van der Waals surface area contributed by atoms with Crippen molar-refractivity contribution in [2.24, 2.45) is 0 Å². The van der Waals surface area contributed by atoms with E-state index < -0.39 is 0 Å². The maximum atomic E-state index is 2.57. The van der Waals surface area contributed by atoms with Gasteiger partial charge in [-0.3, -0.25) is 0 Å². The molecule has 2 aromatic heterocycles. The van der Waals surface area contributed by atoms with Gasteiger partial charge in [0, 0.05) is 32.2 Å². The van der Waals surface area contributed by atoms with Crippen molar-refractivity contribution < 1.29 is 0 Å². The molecular weight excluding hydrogens is 713 g/mol. The van der Waals surface area contributed by atoms with E-state index in [-0.39, 0.29) is 0 Å². The highest BCUT2D eigenvalue weighted by Crippen LogP contribution is 2.55. The Hall–Kier alpha value is -5.54. The van der Waals surface area contributed by atoms with Crippen molar-refractivity contribution in [1.82, 2.24) is 0 Å². The molecule has 2 unspecified atom stereocenters. The van der Waals surface area contributed by atoms with Crippen LogP contribution in [-0.2, 0) is 19.3 Å². The summed E-state index contributed by atoms with van der Waals surface area (Å²) in [5.74, 6) is 0.675. The van der Waals surface area contributed by atoms with Gasteiger partial charge in [0.15, 0.2) is 0 Å². The molecule has 0 bridgehead atoms. The van der Waals surface area contributed by atoms with Gasteiger partial charge in [-0.1, -0.05) is 127 Å². The van der Waals surface area contributed by atoms with Crippen LogP contribution < -0.4 is 0 Å². The molecule has 0 nitrogen and oxygen atoms in total. The van der Waals surface area contributed by atoms with Crippen molar-refractivity contribution in [3.05, 3.63) is 188 Å². The molecule has 13 rings (SSSR count). The number of allylic oxidation sites excluding steroid dienone is 7. The molecule has 0 aliphatic heterocycles. The van der Waals surface area contributed by atoms with Crippen LogP contribution in [0.1, 0.15) is 86.0 Å². The van der Waals surface area contributed by atoms with E-state index in [4.69, 9.17) is 0 Å². The quantitative estimate of drug-likeness (QED) is 0.165. The van der Waals surface area contributed by atoms with Crippen molar-refractivity contribution in [2.45, 2.75) is 50.4 Å². The van der Waals surface area contributed by atoms with Gasteiger partial charge in [-0.25, -0.2) is 0 Å². The molecule has 56 heavy (non-hydrogen) atoms. The van der Waals surface area contributed by atoms with Crippen LogP contribution in [-0.4, -0.2) is 0 Å². The number of hydrogen-bond acceptors (Lipinski definition) is 2. The molecule has 2 atom stereocenters. The van der Waals surface area contributed by atoms with Gasteiger partial charge in [0.25, 0.3) is 0 Å². The molecule has 5 aliphatic carbocycles. The fourth-order valence-corrected chi connectivity index (χ4v) is 13.9. The van der Waals surface area contributed by atoms with E-state index in [1.165, 1.54) is 114 Å². The number of thiophene rings is 2. The van der Waals surface area contributed by atoms with E-state index in [0.717, 1.165) is 32.1 Å². The van der Waals surface area contributed by atoms with Gasteiger partial charge in [-0.2, -0.15) is 0 Å². The second-order valence-corrected chi connectivity index (χ2v) is 18.5. The first-order valence-corrected chi connectivity index (χ1v) is 22.0. The van der Waals surface area contributed by atoms with E-state index in [9.17, 15) is 0 Å². The molecule has 5 aliphatic rings. The van der Waals surface area contributed by atoms with Gasteiger partial charge in [-0.05, 0) is 145 Å². The number of rotatable bonds is 2. The molecule has 0 amide bonds. The zero-order chi connectivity index (χ0) is 36.5. The second kappa shape index (κ2) is 12.0. The third kappa shape index (κ3) is 4.40. The molecule has 266 valence electrons. The lowest BCUT2D eigenvalue weighted by Gasteiger charge is -2.31. The molecule has 2 heterocycles. The molecule has 8 aromatic rings. The minimum atomic E-state index is 0.308. The Kier molecular flexibility index (Phi) is 6.77. The van der Waals surface area contributed by atoms with Crippen LogP contribution in [0.15, 0.2) is 133 Å². The first-order valence-electron chi connectivity index (χ1n) is 20.4. The summed E-state index contributed by atoms with van der Waals surface area (Å²) in [5.41, 5.74) is 19.1. The first kappa shape index (κ1) is 31.6. The fourth-order valence-electron chi connectivity index (χ4n) is 11.1. The van der Waals surface area contributed by atoms with Gasteiger partial charge in [0.05, 0.1) is 9.40 Å². The Morgan fingerprint density at radius 1 is 0.589 bits per heavy atom. The molecule has 0 saturated carbocycles. The number of benzene rings is 6. The third-order valence-corrected chi connectivity index (χ3v) is 16.0. The Bertz CT molecular complexity index is 3200. The Morgan fingerprint density at radius 2 is 1.38 bits per heavy atom. The minimum absolute atomic E-state index is 0.308. The van der Waals surface area contributed by atoms with Crippen molar-refractivity contribution in [3.8, 4) is 11.1 Å². The zero-order valence-corrected chi connectivity index (χ0v) is 32.7. The summed E-state index contributed by atoms with van der Waals surface area (Å²) in [4.78, 5) is 1.45. The summed E-state index contributed by atoms with van der Waals surface area (Å²) in [6, 6.07) is 37.4. The predicted octanol–water partition coefficient (Wildman–Crippen LogP) is 15.2. The lowest BCUT2D eigenvalue weighted by Crippen LogP contribution is -2.14. The number of fused-ring (bicyclic) bond motifs is 17. The normalized spacial score (nSPS) is 19.0. The first-order chi connectivity index (χ1) is 27.8. The van der Waals surface area contributed by atoms with Gasteiger partial charge >= 0.3 is 0 Å². The molecule has 2 heteroatoms. The average Bonchev–Trinajstić information content (AvgIpc) is 3.84. The standard InChI is InChI=1S/C54H38S2/c1-3-15-33-31(13-1)27-45(37-19-7-5-17-35(33)37)47-29-49-51(41-23-11-9-21-39(41)47)43-25-26-44-52-42-24-12-10-22-40(42)48(30-50(52)56-54(44)53(43)55-49)46-28-32-14-2-4-16-34(32)36-18-6-8-20-38(36)46/h1-3,5,7-15,17,19-23,25-26,28-30,42,45H,4,6,16,18,24,27H2. The van der Waals surface area contributed by atoms with Crippen LogP contribution in [0.4, 0.5) is 0 Å². The summed E-state index contributed by atoms with van der Waals surface area (Å²) in [7, 11) is 0. The van der Waals surface area contributed by atoms with Crippen LogP contribution in [0.3, 0.4) is 0 Å². The van der Waals surface area contributed by atoms with Gasteiger partial charge in [0.1, 0.15) is 0 Å². The van der Waals surface area contributed by atoms with Crippen molar-refractivity contribution >= 4 is 87.5 Å². The maximum absolute atomic E-state index is 2.57. The minimum Gasteiger partial charge on any atom is -0.134 e. The summed E-state index contributed by atoms with van der Waals surface area (Å²) in [6.07, 6.45) is 26.0. The second-order valence-electron chi connectivity index (χ2n) is 16.3. The van der Waals surface area contributed by atoms with E-state index in [1.54, 1.807) is 11.1 Å². The molecule has 6 aromatic carbocycles. The summed E-state index contributed by atoms with van der Waals surface area (Å²) in [5, 5.41) is 7.03. The van der Waals surface area contributed by atoms with E-state index in [1.807, 2.05) is 22.7 Å². The van der Waals surface area contributed by atoms with Crippen LogP contribution in [0.5, 0.6) is 0 Å². The van der Waals surface area contributed by atoms with E-state index >= 15 is 0 Å². The van der Waals surface area contributed by atoms with Crippen molar-refractivity contribution in [1.29, 1.82) is 0 Å². The fraction of sp³-hybridized carbons (Fsp3) is 0.148. The van der Waals surface area contributed by atoms with Crippen LogP contribution in [0.2, 0.25) is 0 Å². The average molecular weight is 751 g/mol. The van der Waals surface area contributed by atoms with Gasteiger partial charge in [-0.15, -0.1) is 22.7 Å². The molecule has 0 fully saturated rings. The zero-order valence-electron chi connectivity index (χ0n) is 31.1. The topological polar surface area (TPSA) is 0 Å². The summed E-state index contributed by atoms with van der Waals surface area (Å²) in [6.45, 7) is 0. The SMILES string of the molecule is C1=CCC2C(=C1)C(c1cc3c(c4c1C=CCC4)CCC=C3)=Cc1sc3c(ccc4c3sc3cc(C5Cc6ccccc6-c6ccccc65)c5ccccc5c34)c12. The molecular formula is C54H38S2. The lowest BCUT2D eigenvalue weighted by atomic mass is 9.72.